The summed E-state index contributed by atoms with van der Waals surface area (Å²) in [6, 6.07) is 5.97. The van der Waals surface area contributed by atoms with Gasteiger partial charge in [0.25, 0.3) is 0 Å². The molecule has 0 aliphatic carbocycles. The van der Waals surface area contributed by atoms with Gasteiger partial charge in [0.15, 0.2) is 0 Å². The molecule has 0 radical (unpaired) electrons. The minimum Gasteiger partial charge on any atom is -0.389 e. The summed E-state index contributed by atoms with van der Waals surface area (Å²) in [7, 11) is 0. The molecule has 0 aliphatic heterocycles. The van der Waals surface area contributed by atoms with Crippen LogP contribution in [0.2, 0.25) is 5.02 Å². The lowest BCUT2D eigenvalue weighted by Crippen LogP contribution is -2.39. The molecule has 0 saturated carbocycles. The zero-order valence-electron chi connectivity index (χ0n) is 13.9. The van der Waals surface area contributed by atoms with Gasteiger partial charge in [0, 0.05) is 30.3 Å². The highest BCUT2D eigenvalue weighted by atomic mass is 35.5. The van der Waals surface area contributed by atoms with E-state index in [0.717, 1.165) is 30.3 Å². The Morgan fingerprint density at radius 1 is 1.33 bits per heavy atom. The van der Waals surface area contributed by atoms with Gasteiger partial charge in [-0.05, 0) is 57.0 Å². The smallest absolute Gasteiger partial charge is 0.0765 e. The summed E-state index contributed by atoms with van der Waals surface area (Å²) in [6.07, 6.45) is 0. The fourth-order valence-electron chi connectivity index (χ4n) is 2.33. The molecule has 0 bridgehead atoms. The van der Waals surface area contributed by atoms with Crippen molar-refractivity contribution >= 4 is 17.3 Å². The van der Waals surface area contributed by atoms with Crippen molar-refractivity contribution in [2.75, 3.05) is 24.5 Å². The number of anilines is 1. The number of rotatable bonds is 8. The summed E-state index contributed by atoms with van der Waals surface area (Å²) in [5.74, 6) is 0.617. The van der Waals surface area contributed by atoms with Crippen LogP contribution >= 0.6 is 11.6 Å². The van der Waals surface area contributed by atoms with Crippen molar-refractivity contribution in [1.29, 1.82) is 0 Å². The van der Waals surface area contributed by atoms with Crippen LogP contribution in [-0.2, 0) is 6.54 Å². The van der Waals surface area contributed by atoms with Crippen LogP contribution < -0.4 is 10.2 Å². The number of halogens is 1. The molecule has 0 unspecified atom stereocenters. The van der Waals surface area contributed by atoms with Crippen LogP contribution in [0.5, 0.6) is 0 Å². The summed E-state index contributed by atoms with van der Waals surface area (Å²) < 4.78 is 0. The maximum absolute atomic E-state index is 10.1. The Kier molecular flexibility index (Phi) is 6.98. The number of likely N-dealkylation sites (N-methyl/N-ethyl adjacent to an activating group) is 1. The van der Waals surface area contributed by atoms with Gasteiger partial charge in [-0.1, -0.05) is 25.4 Å². The Labute approximate surface area is 134 Å². The van der Waals surface area contributed by atoms with Gasteiger partial charge in [-0.2, -0.15) is 0 Å². The summed E-state index contributed by atoms with van der Waals surface area (Å²) in [4.78, 5) is 2.20. The molecule has 120 valence electrons. The lowest BCUT2D eigenvalue weighted by Gasteiger charge is -2.31. The topological polar surface area (TPSA) is 35.5 Å². The quantitative estimate of drug-likeness (QED) is 0.768. The predicted octanol–water partition coefficient (Wildman–Crippen LogP) is 3.68. The first-order valence-electron chi connectivity index (χ1n) is 7.69. The Morgan fingerprint density at radius 2 is 2.00 bits per heavy atom. The van der Waals surface area contributed by atoms with Crippen molar-refractivity contribution in [2.45, 2.75) is 46.8 Å². The van der Waals surface area contributed by atoms with E-state index < -0.39 is 5.60 Å². The van der Waals surface area contributed by atoms with Crippen molar-refractivity contribution < 1.29 is 5.11 Å². The van der Waals surface area contributed by atoms with Crippen LogP contribution in [0.25, 0.3) is 0 Å². The zero-order chi connectivity index (χ0) is 16.0. The number of nitrogens with one attached hydrogen (secondary N) is 1. The van der Waals surface area contributed by atoms with E-state index in [1.165, 1.54) is 5.56 Å². The standard InChI is InChI=1S/C17H29ClN2O/c1-6-20(12-17(4,5)21)16-8-7-15(18)9-14(16)11-19-10-13(2)3/h7-9,13,19,21H,6,10-12H2,1-5H3. The van der Waals surface area contributed by atoms with E-state index in [0.29, 0.717) is 12.5 Å². The average Bonchev–Trinajstić information content (AvgIpc) is 2.35. The van der Waals surface area contributed by atoms with Crippen molar-refractivity contribution in [3.8, 4) is 0 Å². The average molecular weight is 313 g/mol. The zero-order valence-corrected chi connectivity index (χ0v) is 14.7. The van der Waals surface area contributed by atoms with Crippen molar-refractivity contribution in [3.63, 3.8) is 0 Å². The third-order valence-electron chi connectivity index (χ3n) is 3.21. The number of hydrogen-bond acceptors (Lipinski definition) is 3. The molecule has 1 rings (SSSR count). The van der Waals surface area contributed by atoms with Gasteiger partial charge in [0.05, 0.1) is 5.60 Å². The fraction of sp³-hybridized carbons (Fsp3) is 0.647. The molecule has 0 spiro atoms. The Hall–Kier alpha value is -0.770. The van der Waals surface area contributed by atoms with E-state index in [1.54, 1.807) is 0 Å². The molecule has 1 aromatic carbocycles. The molecule has 21 heavy (non-hydrogen) atoms. The van der Waals surface area contributed by atoms with Crippen LogP contribution in [0.1, 0.15) is 40.2 Å². The Balaban J connectivity index is 2.93. The predicted molar refractivity (Wildman–Crippen MR) is 92.2 cm³/mol. The highest BCUT2D eigenvalue weighted by molar-refractivity contribution is 6.30. The SMILES string of the molecule is CCN(CC(C)(C)O)c1ccc(Cl)cc1CNCC(C)C. The molecule has 0 amide bonds. The highest BCUT2D eigenvalue weighted by Crippen LogP contribution is 2.25. The van der Waals surface area contributed by atoms with E-state index in [2.05, 4.69) is 31.0 Å². The van der Waals surface area contributed by atoms with Crippen molar-refractivity contribution in [2.24, 2.45) is 5.92 Å². The molecule has 0 heterocycles. The maximum atomic E-state index is 10.1. The lowest BCUT2D eigenvalue weighted by molar-refractivity contribution is 0.0875. The monoisotopic (exact) mass is 312 g/mol. The van der Waals surface area contributed by atoms with Gasteiger partial charge in [-0.25, -0.2) is 0 Å². The van der Waals surface area contributed by atoms with E-state index in [4.69, 9.17) is 11.6 Å². The molecule has 0 fully saturated rings. The molecule has 1 aromatic rings. The summed E-state index contributed by atoms with van der Waals surface area (Å²) >= 11 is 6.14. The second-order valence-electron chi connectivity index (χ2n) is 6.62. The van der Waals surface area contributed by atoms with Crippen LogP contribution in [0, 0.1) is 5.92 Å². The molecule has 0 atom stereocenters. The van der Waals surface area contributed by atoms with E-state index in [9.17, 15) is 5.11 Å². The first-order chi connectivity index (χ1) is 9.73. The number of aliphatic hydroxyl groups is 1. The second-order valence-corrected chi connectivity index (χ2v) is 7.06. The van der Waals surface area contributed by atoms with Crippen LogP contribution in [0.4, 0.5) is 5.69 Å². The second kappa shape index (κ2) is 8.02. The van der Waals surface area contributed by atoms with Gasteiger partial charge in [-0.15, -0.1) is 0 Å². The molecule has 0 aromatic heterocycles. The van der Waals surface area contributed by atoms with Gasteiger partial charge >= 0.3 is 0 Å². The van der Waals surface area contributed by atoms with Gasteiger partial charge in [0.1, 0.15) is 0 Å². The third kappa shape index (κ3) is 6.68. The molecular formula is C17H29ClN2O. The molecule has 3 nitrogen and oxygen atoms in total. The highest BCUT2D eigenvalue weighted by Gasteiger charge is 2.19. The lowest BCUT2D eigenvalue weighted by atomic mass is 10.1. The van der Waals surface area contributed by atoms with Crippen molar-refractivity contribution in [3.05, 3.63) is 28.8 Å². The van der Waals surface area contributed by atoms with Crippen LogP contribution in [-0.4, -0.2) is 30.3 Å². The first-order valence-corrected chi connectivity index (χ1v) is 8.07. The van der Waals surface area contributed by atoms with Gasteiger partial charge in [0.2, 0.25) is 0 Å². The minimum absolute atomic E-state index is 0.600. The van der Waals surface area contributed by atoms with Crippen molar-refractivity contribution in [1.82, 2.24) is 5.32 Å². The fourth-order valence-corrected chi connectivity index (χ4v) is 2.53. The van der Waals surface area contributed by atoms with E-state index in [-0.39, 0.29) is 0 Å². The summed E-state index contributed by atoms with van der Waals surface area (Å²) in [6.45, 7) is 13.4. The Morgan fingerprint density at radius 3 is 2.52 bits per heavy atom. The van der Waals surface area contributed by atoms with Crippen LogP contribution in [0.15, 0.2) is 18.2 Å². The Bertz CT molecular complexity index is 441. The van der Waals surface area contributed by atoms with E-state index in [1.807, 2.05) is 32.0 Å². The first kappa shape index (κ1) is 18.3. The normalized spacial score (nSPS) is 12.0. The van der Waals surface area contributed by atoms with Crippen LogP contribution in [0.3, 0.4) is 0 Å². The van der Waals surface area contributed by atoms with E-state index >= 15 is 0 Å². The summed E-state index contributed by atoms with van der Waals surface area (Å²) in [5, 5.41) is 14.3. The largest absolute Gasteiger partial charge is 0.389 e. The molecular weight excluding hydrogens is 284 g/mol. The van der Waals surface area contributed by atoms with Gasteiger partial charge < -0.3 is 15.3 Å². The molecule has 2 N–H and O–H groups in total. The number of nitrogens with zero attached hydrogens (tertiary/aromatic N) is 1. The minimum atomic E-state index is -0.724. The third-order valence-corrected chi connectivity index (χ3v) is 3.44. The maximum Gasteiger partial charge on any atom is 0.0765 e. The van der Waals surface area contributed by atoms with Gasteiger partial charge in [-0.3, -0.25) is 0 Å². The molecule has 0 aliphatic rings. The molecule has 0 saturated heterocycles. The number of benzene rings is 1. The number of hydrogen-bond donors (Lipinski definition) is 2. The summed E-state index contributed by atoms with van der Waals surface area (Å²) in [5.41, 5.74) is 1.59. The molecule has 4 heteroatoms.